The molecule has 5 heterocycles. The van der Waals surface area contributed by atoms with E-state index in [0.29, 0.717) is 0 Å². The molecule has 47 heavy (non-hydrogen) atoms. The van der Waals surface area contributed by atoms with Crippen LogP contribution in [0.25, 0.3) is 83.0 Å². The van der Waals surface area contributed by atoms with Crippen LogP contribution in [0.2, 0.25) is 0 Å². The van der Waals surface area contributed by atoms with E-state index in [4.69, 9.17) is 4.98 Å². The molecule has 4 aromatic carbocycles. The molecule has 0 spiro atoms. The van der Waals surface area contributed by atoms with Gasteiger partial charge in [0.05, 0.1) is 22.4 Å². The van der Waals surface area contributed by atoms with Crippen molar-refractivity contribution in [1.82, 2.24) is 24.5 Å². The number of pyridine rings is 4. The van der Waals surface area contributed by atoms with E-state index in [1.165, 1.54) is 27.1 Å². The number of para-hydroxylation sites is 1. The van der Waals surface area contributed by atoms with Crippen molar-refractivity contribution in [3.05, 3.63) is 165 Å². The first kappa shape index (κ1) is 26.9. The van der Waals surface area contributed by atoms with Crippen molar-refractivity contribution in [2.75, 3.05) is 0 Å². The van der Waals surface area contributed by atoms with Gasteiger partial charge in [-0.25, -0.2) is 0 Å². The topological polar surface area (TPSA) is 56.5 Å². The molecule has 9 rings (SSSR count). The van der Waals surface area contributed by atoms with E-state index < -0.39 is 0 Å². The number of hydrogen-bond acceptors (Lipinski definition) is 4. The lowest BCUT2D eigenvalue weighted by atomic mass is 9.99. The molecule has 0 bridgehead atoms. The summed E-state index contributed by atoms with van der Waals surface area (Å²) in [5, 5.41) is 4.79. The highest BCUT2D eigenvalue weighted by Gasteiger charge is 2.17. The SMILES string of the molecule is c1ccc(-n2c3cc(-c4ccc(-c5cccnc5)cn4)ccc3c3ccc4cc(-c5cncc(-c6ccccn6)c5)ccc4c32)cc1. The summed E-state index contributed by atoms with van der Waals surface area (Å²) in [7, 11) is 0. The Morgan fingerprint density at radius 1 is 0.404 bits per heavy atom. The Kier molecular flexibility index (Phi) is 6.39. The summed E-state index contributed by atoms with van der Waals surface area (Å²) >= 11 is 0. The first-order chi connectivity index (χ1) is 23.3. The minimum atomic E-state index is 0.913. The molecule has 5 nitrogen and oxygen atoms in total. The third kappa shape index (κ3) is 4.73. The van der Waals surface area contributed by atoms with E-state index in [1.54, 1.807) is 6.20 Å². The Morgan fingerprint density at radius 3 is 2.00 bits per heavy atom. The molecule has 220 valence electrons. The van der Waals surface area contributed by atoms with E-state index in [2.05, 4.69) is 123 Å². The van der Waals surface area contributed by atoms with Gasteiger partial charge >= 0.3 is 0 Å². The highest BCUT2D eigenvalue weighted by atomic mass is 15.0. The summed E-state index contributed by atoms with van der Waals surface area (Å²) in [5.74, 6) is 0. The summed E-state index contributed by atoms with van der Waals surface area (Å²) in [6, 6.07) is 44.8. The molecule has 0 aliphatic rings. The molecule has 0 radical (unpaired) electrons. The quantitative estimate of drug-likeness (QED) is 0.197. The van der Waals surface area contributed by atoms with Crippen LogP contribution < -0.4 is 0 Å². The zero-order chi connectivity index (χ0) is 31.2. The van der Waals surface area contributed by atoms with Crippen molar-refractivity contribution in [1.29, 1.82) is 0 Å². The van der Waals surface area contributed by atoms with Gasteiger partial charge in [-0.2, -0.15) is 0 Å². The average Bonchev–Trinajstić information content (AvgIpc) is 3.50. The van der Waals surface area contributed by atoms with Crippen LogP contribution in [-0.4, -0.2) is 24.5 Å². The third-order valence-corrected chi connectivity index (χ3v) is 8.84. The Balaban J connectivity index is 1.20. The van der Waals surface area contributed by atoms with Crippen molar-refractivity contribution in [3.63, 3.8) is 0 Å². The van der Waals surface area contributed by atoms with Gasteiger partial charge in [0.2, 0.25) is 0 Å². The van der Waals surface area contributed by atoms with Gasteiger partial charge in [-0.3, -0.25) is 19.9 Å². The van der Waals surface area contributed by atoms with E-state index in [0.717, 1.165) is 56.0 Å². The minimum absolute atomic E-state index is 0.913. The largest absolute Gasteiger partial charge is 0.309 e. The molecule has 0 aliphatic carbocycles. The van der Waals surface area contributed by atoms with Gasteiger partial charge in [0, 0.05) is 86.8 Å². The Hall–Kier alpha value is -6.46. The van der Waals surface area contributed by atoms with Gasteiger partial charge in [-0.1, -0.05) is 72.8 Å². The zero-order valence-corrected chi connectivity index (χ0v) is 25.3. The predicted octanol–water partition coefficient (Wildman–Crippen LogP) is 10.2. The maximum absolute atomic E-state index is 4.86. The van der Waals surface area contributed by atoms with Crippen molar-refractivity contribution in [2.24, 2.45) is 0 Å². The lowest BCUT2D eigenvalue weighted by Gasteiger charge is -2.11. The van der Waals surface area contributed by atoms with E-state index >= 15 is 0 Å². The van der Waals surface area contributed by atoms with Crippen molar-refractivity contribution < 1.29 is 0 Å². The van der Waals surface area contributed by atoms with E-state index in [-0.39, 0.29) is 0 Å². The van der Waals surface area contributed by atoms with Gasteiger partial charge in [0.15, 0.2) is 0 Å². The molecule has 0 atom stereocenters. The Bertz CT molecular complexity index is 2540. The van der Waals surface area contributed by atoms with Gasteiger partial charge in [-0.05, 0) is 65.5 Å². The lowest BCUT2D eigenvalue weighted by Crippen LogP contribution is -1.95. The van der Waals surface area contributed by atoms with Crippen molar-refractivity contribution in [2.45, 2.75) is 0 Å². The first-order valence-electron chi connectivity index (χ1n) is 15.6. The first-order valence-corrected chi connectivity index (χ1v) is 15.6. The van der Waals surface area contributed by atoms with Crippen LogP contribution in [0, 0.1) is 0 Å². The van der Waals surface area contributed by atoms with Gasteiger partial charge in [0.25, 0.3) is 0 Å². The smallest absolute Gasteiger partial charge is 0.0717 e. The molecule has 9 aromatic rings. The Labute approximate surface area is 271 Å². The molecule has 0 N–H and O–H groups in total. The summed E-state index contributed by atoms with van der Waals surface area (Å²) in [6.07, 6.45) is 11.2. The summed E-state index contributed by atoms with van der Waals surface area (Å²) in [6.45, 7) is 0. The molecular weight excluding hydrogens is 574 g/mol. The maximum atomic E-state index is 4.86. The number of benzene rings is 4. The molecular formula is C42H27N5. The van der Waals surface area contributed by atoms with Crippen LogP contribution in [0.4, 0.5) is 0 Å². The van der Waals surface area contributed by atoms with Crippen LogP contribution in [0.15, 0.2) is 165 Å². The standard InChI is InChI=1S/C42H27N5/c1-2-8-35(9-3-1)47-41-23-30(40-18-14-32(27-46-40)31-7-6-19-43-24-31)13-16-37(41)38-17-12-29-21-28(11-15-36(29)42(38)47)33-22-34(26-44-25-33)39-10-4-5-20-45-39/h1-27H. The van der Waals surface area contributed by atoms with Crippen LogP contribution in [-0.2, 0) is 0 Å². The van der Waals surface area contributed by atoms with Crippen LogP contribution >= 0.6 is 0 Å². The zero-order valence-electron chi connectivity index (χ0n) is 25.3. The minimum Gasteiger partial charge on any atom is -0.309 e. The van der Waals surface area contributed by atoms with Gasteiger partial charge < -0.3 is 4.57 Å². The molecule has 0 fully saturated rings. The second-order valence-corrected chi connectivity index (χ2v) is 11.7. The molecule has 0 saturated carbocycles. The fraction of sp³-hybridized carbons (Fsp3) is 0. The molecule has 5 aromatic heterocycles. The molecule has 0 unspecified atom stereocenters. The van der Waals surface area contributed by atoms with Crippen molar-refractivity contribution in [3.8, 4) is 50.5 Å². The number of nitrogens with zero attached hydrogens (tertiary/aromatic N) is 5. The fourth-order valence-corrected chi connectivity index (χ4v) is 6.56. The number of aromatic nitrogens is 5. The lowest BCUT2D eigenvalue weighted by molar-refractivity contribution is 1.19. The van der Waals surface area contributed by atoms with Crippen molar-refractivity contribution >= 4 is 32.6 Å². The maximum Gasteiger partial charge on any atom is 0.0717 e. The van der Waals surface area contributed by atoms with Gasteiger partial charge in [-0.15, -0.1) is 0 Å². The highest BCUT2D eigenvalue weighted by molar-refractivity contribution is 6.19. The van der Waals surface area contributed by atoms with Gasteiger partial charge in [0.1, 0.15) is 0 Å². The van der Waals surface area contributed by atoms with E-state index in [9.17, 15) is 0 Å². The Morgan fingerprint density at radius 2 is 1.17 bits per heavy atom. The monoisotopic (exact) mass is 601 g/mol. The molecule has 0 amide bonds. The van der Waals surface area contributed by atoms with E-state index in [1.807, 2.05) is 55.2 Å². The fourth-order valence-electron chi connectivity index (χ4n) is 6.56. The second-order valence-electron chi connectivity index (χ2n) is 11.7. The normalized spacial score (nSPS) is 11.4. The molecule has 0 saturated heterocycles. The molecule has 0 aliphatic heterocycles. The molecule has 5 heteroatoms. The third-order valence-electron chi connectivity index (χ3n) is 8.84. The summed E-state index contributed by atoms with van der Waals surface area (Å²) < 4.78 is 2.39. The summed E-state index contributed by atoms with van der Waals surface area (Å²) in [4.78, 5) is 18.2. The number of fused-ring (bicyclic) bond motifs is 5. The average molecular weight is 602 g/mol. The van der Waals surface area contributed by atoms with Crippen LogP contribution in [0.5, 0.6) is 0 Å². The summed E-state index contributed by atoms with van der Waals surface area (Å²) in [5.41, 5.74) is 11.6. The number of hydrogen-bond donors (Lipinski definition) is 0. The van der Waals surface area contributed by atoms with Crippen LogP contribution in [0.1, 0.15) is 0 Å². The predicted molar refractivity (Wildman–Crippen MR) is 191 cm³/mol. The number of rotatable bonds is 5. The second kappa shape index (κ2) is 11.2. The van der Waals surface area contributed by atoms with Crippen LogP contribution in [0.3, 0.4) is 0 Å². The highest BCUT2D eigenvalue weighted by Crippen LogP contribution is 2.39.